The monoisotopic (exact) mass is 281 g/mol. The highest BCUT2D eigenvalue weighted by Gasteiger charge is 2.61. The zero-order chi connectivity index (χ0) is 14.8. The average molecular weight is 281 g/mol. The molecule has 0 aliphatic carbocycles. The Bertz CT molecular complexity index is 280. The first kappa shape index (κ1) is 17.0. The highest BCUT2D eigenvalue weighted by atomic mass is 19.4. The average Bonchev–Trinajstić information content (AvgIpc) is 2.12. The van der Waals surface area contributed by atoms with E-state index < -0.39 is 36.3 Å². The molecule has 9 heteroatoms. The fourth-order valence-corrected chi connectivity index (χ4v) is 1.09. The molecule has 0 rings (SSSR count). The van der Waals surface area contributed by atoms with Crippen LogP contribution < -0.4 is 5.32 Å². The summed E-state index contributed by atoms with van der Waals surface area (Å²) in [5.41, 5.74) is -1.52. The number of nitrogens with one attached hydrogen (secondary N) is 1. The van der Waals surface area contributed by atoms with E-state index in [2.05, 4.69) is 0 Å². The Kier molecular flexibility index (Phi) is 5.04. The van der Waals surface area contributed by atoms with Gasteiger partial charge in [-0.3, -0.25) is 4.79 Å². The minimum Gasteiger partial charge on any atom is -0.394 e. The molecule has 1 amide bonds. The Morgan fingerprint density at radius 2 is 1.56 bits per heavy atom. The van der Waals surface area contributed by atoms with Crippen molar-refractivity contribution >= 4 is 5.91 Å². The minimum atomic E-state index is -5.73. The molecule has 108 valence electrons. The zero-order valence-electron chi connectivity index (χ0n) is 9.61. The van der Waals surface area contributed by atoms with Crippen molar-refractivity contribution in [3.8, 4) is 0 Å². The van der Waals surface area contributed by atoms with Crippen LogP contribution in [0, 0.1) is 5.92 Å². The lowest BCUT2D eigenvalue weighted by Crippen LogP contribution is -2.56. The van der Waals surface area contributed by atoms with Gasteiger partial charge in [-0.25, -0.2) is 0 Å². The number of aliphatic hydroxyl groups is 1. The molecule has 1 atom stereocenters. The molecule has 0 heterocycles. The maximum Gasteiger partial charge on any atom is 0.409 e. The van der Waals surface area contributed by atoms with Crippen LogP contribution in [0.4, 0.5) is 26.3 Å². The van der Waals surface area contributed by atoms with Crippen molar-refractivity contribution in [3.05, 3.63) is 0 Å². The Balaban J connectivity index is 5.14. The molecule has 1 unspecified atom stereocenters. The summed E-state index contributed by atoms with van der Waals surface area (Å²) in [6.07, 6.45) is -11.5. The quantitative estimate of drug-likeness (QED) is 0.774. The summed E-state index contributed by atoms with van der Waals surface area (Å²) in [5, 5.41) is 10.4. The molecule has 0 saturated carbocycles. The van der Waals surface area contributed by atoms with Crippen LogP contribution in [-0.2, 0) is 4.79 Å². The summed E-state index contributed by atoms with van der Waals surface area (Å²) in [7, 11) is 0. The van der Waals surface area contributed by atoms with E-state index in [4.69, 9.17) is 5.11 Å². The molecule has 0 aromatic carbocycles. The van der Waals surface area contributed by atoms with Crippen LogP contribution >= 0.6 is 0 Å². The summed E-state index contributed by atoms with van der Waals surface area (Å²) in [4.78, 5) is 11.1. The van der Waals surface area contributed by atoms with Gasteiger partial charge < -0.3 is 10.4 Å². The second kappa shape index (κ2) is 5.33. The third-order valence-corrected chi connectivity index (χ3v) is 2.47. The van der Waals surface area contributed by atoms with E-state index in [0.717, 1.165) is 6.92 Å². The number of carbonyl (C=O) groups is 1. The van der Waals surface area contributed by atoms with Gasteiger partial charge in [-0.15, -0.1) is 0 Å². The van der Waals surface area contributed by atoms with Crippen LogP contribution in [0.25, 0.3) is 0 Å². The van der Waals surface area contributed by atoms with Crippen LogP contribution in [0.3, 0.4) is 0 Å². The number of carbonyl (C=O) groups excluding carboxylic acids is 1. The molecule has 0 aliphatic heterocycles. The molecule has 0 fully saturated rings. The summed E-state index contributed by atoms with van der Waals surface area (Å²) in [5.74, 6) is -6.31. The van der Waals surface area contributed by atoms with Crippen molar-refractivity contribution in [2.24, 2.45) is 5.92 Å². The van der Waals surface area contributed by atoms with E-state index in [-0.39, 0.29) is 6.42 Å². The van der Waals surface area contributed by atoms with Gasteiger partial charge in [-0.2, -0.15) is 26.3 Å². The number of alkyl halides is 6. The molecule has 0 bridgehead atoms. The zero-order valence-corrected chi connectivity index (χ0v) is 9.61. The van der Waals surface area contributed by atoms with Crippen LogP contribution in [0.5, 0.6) is 0 Å². The lowest BCUT2D eigenvalue weighted by atomic mass is 9.98. The van der Waals surface area contributed by atoms with Gasteiger partial charge in [0.25, 0.3) is 0 Å². The number of rotatable bonds is 4. The fraction of sp³-hybridized carbons (Fsp3) is 0.889. The molecular weight excluding hydrogens is 268 g/mol. The first-order valence-corrected chi connectivity index (χ1v) is 4.93. The number of hydrogen-bond acceptors (Lipinski definition) is 2. The van der Waals surface area contributed by atoms with Gasteiger partial charge in [0.1, 0.15) is 0 Å². The maximum atomic E-state index is 12.2. The van der Waals surface area contributed by atoms with Crippen LogP contribution in [0.2, 0.25) is 0 Å². The van der Waals surface area contributed by atoms with Gasteiger partial charge in [0.15, 0.2) is 0 Å². The van der Waals surface area contributed by atoms with Crippen molar-refractivity contribution in [1.29, 1.82) is 0 Å². The normalized spacial score (nSPS) is 16.6. The highest BCUT2D eigenvalue weighted by Crippen LogP contribution is 2.39. The van der Waals surface area contributed by atoms with Gasteiger partial charge in [0.05, 0.1) is 12.1 Å². The van der Waals surface area contributed by atoms with Crippen molar-refractivity contribution in [2.75, 3.05) is 6.61 Å². The van der Waals surface area contributed by atoms with Crippen LogP contribution in [0.15, 0.2) is 0 Å². The second-order valence-electron chi connectivity index (χ2n) is 4.08. The van der Waals surface area contributed by atoms with Crippen molar-refractivity contribution in [2.45, 2.75) is 38.2 Å². The molecule has 3 nitrogen and oxygen atoms in total. The molecular formula is C9H13F6NO2. The van der Waals surface area contributed by atoms with E-state index in [1.54, 1.807) is 5.32 Å². The molecule has 0 radical (unpaired) electrons. The van der Waals surface area contributed by atoms with E-state index >= 15 is 0 Å². The van der Waals surface area contributed by atoms with Crippen molar-refractivity contribution in [3.63, 3.8) is 0 Å². The summed E-state index contributed by atoms with van der Waals surface area (Å²) in [6, 6.07) is 0. The number of aliphatic hydroxyl groups excluding tert-OH is 1. The lowest BCUT2D eigenvalue weighted by molar-refractivity contribution is -0.274. The van der Waals surface area contributed by atoms with Crippen molar-refractivity contribution in [1.82, 2.24) is 5.32 Å². The Labute approximate surface area is 99.2 Å². The van der Waals surface area contributed by atoms with Gasteiger partial charge in [0.2, 0.25) is 11.8 Å². The summed E-state index contributed by atoms with van der Waals surface area (Å²) < 4.78 is 73.2. The number of hydrogen-bond donors (Lipinski definition) is 2. The van der Waals surface area contributed by atoms with Crippen molar-refractivity contribution < 1.29 is 36.2 Å². The van der Waals surface area contributed by atoms with Gasteiger partial charge >= 0.3 is 12.4 Å². The Morgan fingerprint density at radius 1 is 1.17 bits per heavy atom. The predicted molar refractivity (Wildman–Crippen MR) is 49.5 cm³/mol. The largest absolute Gasteiger partial charge is 0.409 e. The van der Waals surface area contributed by atoms with Gasteiger partial charge in [-0.1, -0.05) is 6.92 Å². The molecule has 0 aromatic heterocycles. The molecule has 18 heavy (non-hydrogen) atoms. The van der Waals surface area contributed by atoms with E-state index in [1.165, 1.54) is 6.92 Å². The van der Waals surface area contributed by atoms with E-state index in [1.807, 2.05) is 0 Å². The van der Waals surface area contributed by atoms with E-state index in [9.17, 15) is 31.1 Å². The number of halogens is 6. The molecule has 0 saturated heterocycles. The predicted octanol–water partition coefficient (Wildman–Crippen LogP) is 2.00. The molecule has 0 aromatic rings. The first-order valence-electron chi connectivity index (χ1n) is 4.93. The Hall–Kier alpha value is -0.990. The fourth-order valence-electron chi connectivity index (χ4n) is 1.09. The summed E-state index contributed by atoms with van der Waals surface area (Å²) >= 11 is 0. The highest BCUT2D eigenvalue weighted by molar-refractivity contribution is 5.81. The SMILES string of the molecule is CCC(C)(CO)NC(=O)C(C(F)(F)F)C(F)(F)F. The standard InChI is InChI=1S/C9H13F6NO2/c1-3-7(2,4-17)16-6(18)5(8(10,11)12)9(13,14)15/h5,17H,3-4H2,1-2H3,(H,16,18). The lowest BCUT2D eigenvalue weighted by Gasteiger charge is -2.30. The maximum absolute atomic E-state index is 12.2. The Morgan fingerprint density at radius 3 is 1.78 bits per heavy atom. The van der Waals surface area contributed by atoms with Crippen LogP contribution in [-0.4, -0.2) is 35.5 Å². The topological polar surface area (TPSA) is 49.3 Å². The third kappa shape index (κ3) is 4.35. The molecule has 2 N–H and O–H groups in total. The minimum absolute atomic E-state index is 0.0162. The van der Waals surface area contributed by atoms with E-state index in [0.29, 0.717) is 0 Å². The van der Waals surface area contributed by atoms with Gasteiger partial charge in [0, 0.05) is 0 Å². The second-order valence-corrected chi connectivity index (χ2v) is 4.08. The summed E-state index contributed by atoms with van der Waals surface area (Å²) in [6.45, 7) is 1.79. The smallest absolute Gasteiger partial charge is 0.394 e. The van der Waals surface area contributed by atoms with Gasteiger partial charge in [-0.05, 0) is 13.3 Å². The molecule has 0 spiro atoms. The molecule has 0 aliphatic rings. The first-order chi connectivity index (χ1) is 7.87. The van der Waals surface area contributed by atoms with Crippen LogP contribution in [0.1, 0.15) is 20.3 Å². The number of amides is 1. The third-order valence-electron chi connectivity index (χ3n) is 2.47.